The fourth-order valence-electron chi connectivity index (χ4n) is 2.22. The zero-order valence-corrected chi connectivity index (χ0v) is 10.4. The van der Waals surface area contributed by atoms with E-state index in [-0.39, 0.29) is 0 Å². The van der Waals surface area contributed by atoms with Gasteiger partial charge in [-0.15, -0.1) is 0 Å². The van der Waals surface area contributed by atoms with E-state index in [4.69, 9.17) is 15.1 Å². The largest absolute Gasteiger partial charge is 0.481 e. The molecule has 0 spiro atoms. The first-order valence-corrected chi connectivity index (χ1v) is 5.93. The second-order valence-corrected chi connectivity index (χ2v) is 4.53. The number of nitrogens with zero attached hydrogens (tertiary/aromatic N) is 1. The number of aliphatic carboxylic acids is 2. The first-order valence-electron chi connectivity index (χ1n) is 5.93. The lowest BCUT2D eigenvalue weighted by molar-refractivity contribution is -0.189. The third-order valence-corrected chi connectivity index (χ3v) is 3.26. The standard InChI is InChI=1S/C13H15NO5/c1-8-10(12(15)16)11(13(17)18)19-14(8)7-9-5-3-2-4-6-9/h2-6,8,10-11H,7H2,1H3,(H,15,16)(H,17,18). The second kappa shape index (κ2) is 5.38. The van der Waals surface area contributed by atoms with E-state index >= 15 is 0 Å². The zero-order valence-electron chi connectivity index (χ0n) is 10.4. The van der Waals surface area contributed by atoms with E-state index in [9.17, 15) is 9.59 Å². The molecule has 102 valence electrons. The highest BCUT2D eigenvalue weighted by atomic mass is 16.7. The molecule has 19 heavy (non-hydrogen) atoms. The fourth-order valence-corrected chi connectivity index (χ4v) is 2.22. The van der Waals surface area contributed by atoms with Crippen LogP contribution in [0.4, 0.5) is 0 Å². The molecule has 0 bridgehead atoms. The third kappa shape index (κ3) is 2.74. The van der Waals surface area contributed by atoms with Crippen LogP contribution in [-0.2, 0) is 21.0 Å². The summed E-state index contributed by atoms with van der Waals surface area (Å²) in [5, 5.41) is 19.6. The summed E-state index contributed by atoms with van der Waals surface area (Å²) >= 11 is 0. The lowest BCUT2D eigenvalue weighted by Crippen LogP contribution is -2.36. The van der Waals surface area contributed by atoms with E-state index < -0.39 is 30.0 Å². The molecular formula is C13H15NO5. The summed E-state index contributed by atoms with van der Waals surface area (Å²) in [6, 6.07) is 8.84. The first kappa shape index (κ1) is 13.5. The molecule has 0 aromatic heterocycles. The third-order valence-electron chi connectivity index (χ3n) is 3.26. The van der Waals surface area contributed by atoms with Gasteiger partial charge in [0, 0.05) is 12.6 Å². The maximum Gasteiger partial charge on any atom is 0.335 e. The lowest BCUT2D eigenvalue weighted by atomic mass is 9.96. The first-order chi connectivity index (χ1) is 9.00. The number of carboxylic acids is 2. The Bertz CT molecular complexity index is 475. The molecule has 0 aliphatic carbocycles. The summed E-state index contributed by atoms with van der Waals surface area (Å²) in [5.41, 5.74) is 0.935. The highest BCUT2D eigenvalue weighted by Gasteiger charge is 2.49. The molecule has 1 fully saturated rings. The van der Waals surface area contributed by atoms with Crippen LogP contribution in [0.3, 0.4) is 0 Å². The van der Waals surface area contributed by atoms with Gasteiger partial charge >= 0.3 is 11.9 Å². The highest BCUT2D eigenvalue weighted by molar-refractivity contribution is 5.82. The van der Waals surface area contributed by atoms with Gasteiger partial charge in [-0.1, -0.05) is 30.3 Å². The van der Waals surface area contributed by atoms with Crippen LogP contribution in [0.15, 0.2) is 30.3 Å². The summed E-state index contributed by atoms with van der Waals surface area (Å²) in [5.74, 6) is -3.48. The number of carbonyl (C=O) groups is 2. The minimum absolute atomic E-state index is 0.357. The van der Waals surface area contributed by atoms with E-state index in [1.807, 2.05) is 30.3 Å². The van der Waals surface area contributed by atoms with Gasteiger partial charge in [-0.2, -0.15) is 5.06 Å². The zero-order chi connectivity index (χ0) is 14.0. The summed E-state index contributed by atoms with van der Waals surface area (Å²) < 4.78 is 0. The van der Waals surface area contributed by atoms with Crippen molar-refractivity contribution in [1.82, 2.24) is 5.06 Å². The van der Waals surface area contributed by atoms with Gasteiger partial charge in [0.2, 0.25) is 0 Å². The minimum Gasteiger partial charge on any atom is -0.481 e. The van der Waals surface area contributed by atoms with Crippen LogP contribution in [0.5, 0.6) is 0 Å². The summed E-state index contributed by atoms with van der Waals surface area (Å²) in [4.78, 5) is 27.5. The Morgan fingerprint density at radius 3 is 2.32 bits per heavy atom. The highest BCUT2D eigenvalue weighted by Crippen LogP contribution is 2.29. The molecule has 3 atom stereocenters. The van der Waals surface area contributed by atoms with Crippen molar-refractivity contribution in [2.45, 2.75) is 25.6 Å². The van der Waals surface area contributed by atoms with Crippen molar-refractivity contribution in [2.75, 3.05) is 0 Å². The second-order valence-electron chi connectivity index (χ2n) is 4.53. The van der Waals surface area contributed by atoms with E-state index in [0.717, 1.165) is 5.56 Å². The van der Waals surface area contributed by atoms with Crippen molar-refractivity contribution in [3.05, 3.63) is 35.9 Å². The van der Waals surface area contributed by atoms with Gasteiger partial charge in [-0.05, 0) is 12.5 Å². The molecule has 2 N–H and O–H groups in total. The van der Waals surface area contributed by atoms with Crippen LogP contribution < -0.4 is 0 Å². The Labute approximate surface area is 110 Å². The predicted octanol–water partition coefficient (Wildman–Crippen LogP) is 0.976. The molecule has 0 radical (unpaired) electrons. The molecule has 0 saturated carbocycles. The quantitative estimate of drug-likeness (QED) is 0.843. The summed E-state index contributed by atoms with van der Waals surface area (Å²) in [6.07, 6.45) is -1.34. The molecule has 2 rings (SSSR count). The number of carboxylic acid groups (broad SMARTS) is 2. The van der Waals surface area contributed by atoms with Gasteiger partial charge in [-0.3, -0.25) is 9.63 Å². The topological polar surface area (TPSA) is 87.1 Å². The molecule has 1 aliphatic heterocycles. The van der Waals surface area contributed by atoms with Crippen molar-refractivity contribution < 1.29 is 24.6 Å². The molecule has 6 nitrogen and oxygen atoms in total. The van der Waals surface area contributed by atoms with Crippen LogP contribution >= 0.6 is 0 Å². The van der Waals surface area contributed by atoms with E-state index in [0.29, 0.717) is 6.54 Å². The SMILES string of the molecule is CC1C(C(=O)O)C(C(=O)O)ON1Cc1ccccc1. The van der Waals surface area contributed by atoms with E-state index in [2.05, 4.69) is 0 Å². The number of benzene rings is 1. The average molecular weight is 265 g/mol. The maximum absolute atomic E-state index is 11.2. The van der Waals surface area contributed by atoms with Crippen LogP contribution in [0.25, 0.3) is 0 Å². The Morgan fingerprint density at radius 2 is 1.84 bits per heavy atom. The van der Waals surface area contributed by atoms with Crippen LogP contribution in [0.2, 0.25) is 0 Å². The van der Waals surface area contributed by atoms with Crippen molar-refractivity contribution in [3.8, 4) is 0 Å². The molecule has 0 amide bonds. The van der Waals surface area contributed by atoms with Crippen LogP contribution in [0, 0.1) is 5.92 Å². The Balaban J connectivity index is 2.15. The summed E-state index contributed by atoms with van der Waals surface area (Å²) in [7, 11) is 0. The molecule has 1 aromatic rings. The van der Waals surface area contributed by atoms with Gasteiger partial charge in [0.05, 0.1) is 0 Å². The number of rotatable bonds is 4. The number of hydrogen-bond acceptors (Lipinski definition) is 4. The number of hydrogen-bond donors (Lipinski definition) is 2. The van der Waals surface area contributed by atoms with Gasteiger partial charge in [0.15, 0.2) is 6.10 Å². The Kier molecular flexibility index (Phi) is 3.82. The monoisotopic (exact) mass is 265 g/mol. The Hall–Kier alpha value is -1.92. The normalized spacial score (nSPS) is 27.3. The lowest BCUT2D eigenvalue weighted by Gasteiger charge is -2.20. The predicted molar refractivity (Wildman–Crippen MR) is 65.1 cm³/mol. The molecule has 1 heterocycles. The van der Waals surface area contributed by atoms with Crippen molar-refractivity contribution in [3.63, 3.8) is 0 Å². The van der Waals surface area contributed by atoms with E-state index in [1.165, 1.54) is 5.06 Å². The maximum atomic E-state index is 11.2. The number of hydroxylamine groups is 2. The fraction of sp³-hybridized carbons (Fsp3) is 0.385. The molecular weight excluding hydrogens is 250 g/mol. The van der Waals surface area contributed by atoms with Gasteiger partial charge in [-0.25, -0.2) is 4.79 Å². The molecule has 6 heteroatoms. The summed E-state index contributed by atoms with van der Waals surface area (Å²) in [6.45, 7) is 2.01. The van der Waals surface area contributed by atoms with Crippen molar-refractivity contribution in [2.24, 2.45) is 5.92 Å². The molecule has 1 aliphatic rings. The van der Waals surface area contributed by atoms with Crippen molar-refractivity contribution in [1.29, 1.82) is 0 Å². The van der Waals surface area contributed by atoms with Crippen LogP contribution in [-0.4, -0.2) is 39.4 Å². The van der Waals surface area contributed by atoms with Crippen molar-refractivity contribution >= 4 is 11.9 Å². The van der Waals surface area contributed by atoms with Gasteiger partial charge in [0.25, 0.3) is 0 Å². The minimum atomic E-state index is -1.34. The smallest absolute Gasteiger partial charge is 0.335 e. The average Bonchev–Trinajstić information content (AvgIpc) is 2.68. The van der Waals surface area contributed by atoms with Gasteiger partial charge < -0.3 is 10.2 Å². The van der Waals surface area contributed by atoms with Crippen LogP contribution in [0.1, 0.15) is 12.5 Å². The van der Waals surface area contributed by atoms with E-state index in [1.54, 1.807) is 6.92 Å². The molecule has 3 unspecified atom stereocenters. The van der Waals surface area contributed by atoms with Gasteiger partial charge in [0.1, 0.15) is 5.92 Å². The molecule has 1 saturated heterocycles. The Morgan fingerprint density at radius 1 is 1.21 bits per heavy atom. The molecule has 1 aromatic carbocycles.